The van der Waals surface area contributed by atoms with Gasteiger partial charge in [0, 0.05) is 43.0 Å². The Morgan fingerprint density at radius 3 is 2.67 bits per heavy atom. The van der Waals surface area contributed by atoms with E-state index >= 15 is 4.39 Å². The molecule has 6 rings (SSSR count). The average Bonchev–Trinajstić information content (AvgIpc) is 3.62. The lowest BCUT2D eigenvalue weighted by molar-refractivity contribution is 0.0187. The van der Waals surface area contributed by atoms with Crippen LogP contribution in [-0.4, -0.2) is 67.7 Å². The standard InChI is InChI=1S/C34H43FN6O4/c1-20-14-21(27-29(30(36)38-19-37-27)44-18-23-8-7-11-40(23)32(43)45-33(2,3)4)9-10-22(20)17-39-12-13-41-25-16-34(5,6)15-24(25)26(35)28(41)31(39)42/h9-10,14,19,23H,7-8,11-13,15-18H2,1-6H3,(H2,36,37,38)/t23-/m0/s1. The number of aryl methyl sites for hydroxylation is 1. The van der Waals surface area contributed by atoms with Gasteiger partial charge in [-0.15, -0.1) is 0 Å². The average molecular weight is 619 g/mol. The van der Waals surface area contributed by atoms with Crippen molar-refractivity contribution in [1.82, 2.24) is 24.3 Å². The molecule has 0 bridgehead atoms. The molecule has 4 heterocycles. The van der Waals surface area contributed by atoms with E-state index in [1.165, 1.54) is 6.33 Å². The van der Waals surface area contributed by atoms with Gasteiger partial charge < -0.3 is 29.6 Å². The maximum atomic E-state index is 15.5. The largest absolute Gasteiger partial charge is 0.485 e. The van der Waals surface area contributed by atoms with Gasteiger partial charge in [-0.25, -0.2) is 19.2 Å². The van der Waals surface area contributed by atoms with Crippen LogP contribution in [0.5, 0.6) is 5.75 Å². The summed E-state index contributed by atoms with van der Waals surface area (Å²) in [5, 5.41) is 0. The topological polar surface area (TPSA) is 116 Å². The summed E-state index contributed by atoms with van der Waals surface area (Å²) in [6, 6.07) is 5.72. The quantitative estimate of drug-likeness (QED) is 0.386. The predicted octanol–water partition coefficient (Wildman–Crippen LogP) is 5.53. The van der Waals surface area contributed by atoms with Gasteiger partial charge in [0.1, 0.15) is 29.9 Å². The number of nitrogens with zero attached hydrogens (tertiary/aromatic N) is 5. The van der Waals surface area contributed by atoms with Crippen LogP contribution >= 0.6 is 0 Å². The molecule has 0 unspecified atom stereocenters. The van der Waals surface area contributed by atoms with Gasteiger partial charge in [-0.2, -0.15) is 0 Å². The number of carbonyl (C=O) groups excluding carboxylic acids is 2. The van der Waals surface area contributed by atoms with Crippen LogP contribution in [-0.2, 0) is 30.7 Å². The minimum Gasteiger partial charge on any atom is -0.485 e. The van der Waals surface area contributed by atoms with E-state index in [2.05, 4.69) is 23.8 Å². The van der Waals surface area contributed by atoms with E-state index in [1.807, 2.05) is 50.5 Å². The Labute approximate surface area is 263 Å². The highest BCUT2D eigenvalue weighted by molar-refractivity contribution is 5.94. The zero-order valence-electron chi connectivity index (χ0n) is 27.1. The van der Waals surface area contributed by atoms with Crippen molar-refractivity contribution in [2.75, 3.05) is 25.4 Å². The lowest BCUT2D eigenvalue weighted by atomic mass is 9.90. The Morgan fingerprint density at radius 2 is 1.93 bits per heavy atom. The van der Waals surface area contributed by atoms with E-state index in [4.69, 9.17) is 15.2 Å². The summed E-state index contributed by atoms with van der Waals surface area (Å²) in [5.41, 5.74) is 10.8. The molecule has 1 fully saturated rings. The Hall–Kier alpha value is -4.15. The Balaban J connectivity index is 1.17. The van der Waals surface area contributed by atoms with Crippen molar-refractivity contribution in [3.05, 3.63) is 58.4 Å². The first kappa shape index (κ1) is 30.9. The highest BCUT2D eigenvalue weighted by Gasteiger charge is 2.40. The molecule has 3 aromatic rings. The number of benzene rings is 1. The van der Waals surface area contributed by atoms with Crippen LogP contribution in [0.2, 0.25) is 0 Å². The second kappa shape index (κ2) is 11.3. The molecule has 2 aromatic heterocycles. The fourth-order valence-corrected chi connectivity index (χ4v) is 6.85. The number of anilines is 1. The first-order valence-corrected chi connectivity index (χ1v) is 15.7. The molecule has 0 radical (unpaired) electrons. The van der Waals surface area contributed by atoms with Crippen LogP contribution in [0.4, 0.5) is 15.0 Å². The zero-order valence-corrected chi connectivity index (χ0v) is 27.1. The molecule has 2 N–H and O–H groups in total. The third-order valence-corrected chi connectivity index (χ3v) is 9.04. The van der Waals surface area contributed by atoms with Crippen LogP contribution in [0.3, 0.4) is 0 Å². The smallest absolute Gasteiger partial charge is 0.410 e. The van der Waals surface area contributed by atoms with E-state index < -0.39 is 5.60 Å². The number of ether oxygens (including phenoxy) is 2. The van der Waals surface area contributed by atoms with Gasteiger partial charge in [-0.1, -0.05) is 26.0 Å². The molecule has 3 aliphatic rings. The Bertz CT molecular complexity index is 1660. The summed E-state index contributed by atoms with van der Waals surface area (Å²) in [7, 11) is 0. The third kappa shape index (κ3) is 5.96. The third-order valence-electron chi connectivity index (χ3n) is 9.04. The number of amides is 2. The van der Waals surface area contributed by atoms with Crippen molar-refractivity contribution in [2.45, 2.75) is 92.0 Å². The van der Waals surface area contributed by atoms with Crippen molar-refractivity contribution < 1.29 is 23.5 Å². The normalized spacial score (nSPS) is 19.1. The van der Waals surface area contributed by atoms with Gasteiger partial charge in [0.15, 0.2) is 17.4 Å². The van der Waals surface area contributed by atoms with Crippen LogP contribution in [0.25, 0.3) is 11.3 Å². The van der Waals surface area contributed by atoms with E-state index in [0.717, 1.165) is 41.6 Å². The Morgan fingerprint density at radius 1 is 1.16 bits per heavy atom. The number of carbonyl (C=O) groups is 2. The number of rotatable bonds is 6. The Kier molecular flexibility index (Phi) is 7.77. The number of aromatic nitrogens is 3. The molecule has 0 spiro atoms. The van der Waals surface area contributed by atoms with Crippen molar-refractivity contribution in [3.8, 4) is 17.0 Å². The molecule has 0 saturated carbocycles. The molecule has 45 heavy (non-hydrogen) atoms. The zero-order chi connectivity index (χ0) is 32.3. The summed E-state index contributed by atoms with van der Waals surface area (Å²) >= 11 is 0. The van der Waals surface area contributed by atoms with Gasteiger partial charge in [0.05, 0.1) is 6.04 Å². The molecular formula is C34H43FN6O4. The first-order valence-electron chi connectivity index (χ1n) is 15.7. The van der Waals surface area contributed by atoms with E-state index in [9.17, 15) is 9.59 Å². The van der Waals surface area contributed by atoms with Crippen LogP contribution in [0.15, 0.2) is 24.5 Å². The predicted molar refractivity (Wildman–Crippen MR) is 168 cm³/mol. The van der Waals surface area contributed by atoms with Crippen molar-refractivity contribution in [1.29, 1.82) is 0 Å². The number of hydrogen-bond donors (Lipinski definition) is 1. The number of nitrogen functional groups attached to an aromatic ring is 1. The van der Waals surface area contributed by atoms with Crippen molar-refractivity contribution in [2.24, 2.45) is 5.41 Å². The molecule has 1 aromatic carbocycles. The molecule has 10 nitrogen and oxygen atoms in total. The number of fused-ring (bicyclic) bond motifs is 3. The molecule has 11 heteroatoms. The van der Waals surface area contributed by atoms with Gasteiger partial charge >= 0.3 is 6.09 Å². The minimum atomic E-state index is -0.583. The lowest BCUT2D eigenvalue weighted by Gasteiger charge is -2.30. The summed E-state index contributed by atoms with van der Waals surface area (Å²) in [6.45, 7) is 14.1. The number of halogens is 1. The van der Waals surface area contributed by atoms with Gasteiger partial charge in [-0.3, -0.25) is 4.79 Å². The van der Waals surface area contributed by atoms with Crippen molar-refractivity contribution >= 4 is 17.8 Å². The van der Waals surface area contributed by atoms with E-state index in [1.54, 1.807) is 9.80 Å². The summed E-state index contributed by atoms with van der Waals surface area (Å²) < 4.78 is 29.2. The summed E-state index contributed by atoms with van der Waals surface area (Å²) in [4.78, 5) is 38.3. The number of nitrogens with two attached hydrogens (primary N) is 1. The van der Waals surface area contributed by atoms with Gasteiger partial charge in [-0.05, 0) is 76.0 Å². The van der Waals surface area contributed by atoms with Crippen LogP contribution < -0.4 is 10.5 Å². The second-order valence-corrected chi connectivity index (χ2v) is 14.3. The fraction of sp³-hybridized carbons (Fsp3) is 0.529. The monoisotopic (exact) mass is 618 g/mol. The molecule has 2 aliphatic heterocycles. The van der Waals surface area contributed by atoms with Crippen LogP contribution in [0, 0.1) is 18.2 Å². The minimum absolute atomic E-state index is 0.0166. The lowest BCUT2D eigenvalue weighted by Crippen LogP contribution is -2.42. The molecule has 1 saturated heterocycles. The highest BCUT2D eigenvalue weighted by Crippen LogP contribution is 2.41. The fourth-order valence-electron chi connectivity index (χ4n) is 6.85. The summed E-state index contributed by atoms with van der Waals surface area (Å²) in [5.74, 6) is -0.0405. The highest BCUT2D eigenvalue weighted by atomic mass is 19.1. The van der Waals surface area contributed by atoms with Gasteiger partial charge in [0.2, 0.25) is 0 Å². The first-order chi connectivity index (χ1) is 21.2. The number of hydrogen-bond acceptors (Lipinski definition) is 7. The maximum absolute atomic E-state index is 15.5. The molecule has 1 atom stereocenters. The second-order valence-electron chi connectivity index (χ2n) is 14.3. The van der Waals surface area contributed by atoms with Gasteiger partial charge in [0.25, 0.3) is 5.91 Å². The van der Waals surface area contributed by atoms with E-state index in [0.29, 0.717) is 49.6 Å². The van der Waals surface area contributed by atoms with E-state index in [-0.39, 0.29) is 47.4 Å². The molecule has 240 valence electrons. The summed E-state index contributed by atoms with van der Waals surface area (Å²) in [6.07, 6.45) is 4.14. The molecule has 2 amide bonds. The van der Waals surface area contributed by atoms with Crippen molar-refractivity contribution in [3.63, 3.8) is 0 Å². The molecular weight excluding hydrogens is 575 g/mol. The molecule has 1 aliphatic carbocycles. The SMILES string of the molecule is Cc1cc(-c2ncnc(N)c2OC[C@@H]2CCCN2C(=O)OC(C)(C)C)ccc1CN1CCn2c3c(c(F)c2C1=O)CC(C)(C)C3. The van der Waals surface area contributed by atoms with Crippen LogP contribution in [0.1, 0.15) is 80.3 Å². The maximum Gasteiger partial charge on any atom is 0.410 e. The number of likely N-dealkylation sites (tertiary alicyclic amines) is 1.